The molecule has 21 heavy (non-hydrogen) atoms. The van der Waals surface area contributed by atoms with E-state index in [9.17, 15) is 4.79 Å². The number of benzene rings is 1. The number of carbonyl (C=O) groups is 1. The van der Waals surface area contributed by atoms with E-state index in [0.29, 0.717) is 6.42 Å². The van der Waals surface area contributed by atoms with Gasteiger partial charge in [-0.1, -0.05) is 36.4 Å². The minimum Gasteiger partial charge on any atom is -0.369 e. The molecule has 5 heteroatoms. The Balaban J connectivity index is 2.11. The van der Waals surface area contributed by atoms with E-state index in [1.54, 1.807) is 19.4 Å². The molecule has 2 aromatic rings. The molecule has 1 atom stereocenters. The maximum absolute atomic E-state index is 12.8. The van der Waals surface area contributed by atoms with E-state index in [4.69, 9.17) is 5.73 Å². The fraction of sp³-hybridized carbons (Fsp3) is 0.188. The summed E-state index contributed by atoms with van der Waals surface area (Å²) in [4.78, 5) is 22.8. The average molecular weight is 280 g/mol. The first kappa shape index (κ1) is 13.3. The molecule has 3 rings (SSSR count). The highest BCUT2D eigenvalue weighted by Gasteiger charge is 2.47. The van der Waals surface area contributed by atoms with Gasteiger partial charge < -0.3 is 5.73 Å². The maximum Gasteiger partial charge on any atom is 0.262 e. The Morgan fingerprint density at radius 2 is 1.95 bits per heavy atom. The van der Waals surface area contributed by atoms with Crippen LogP contribution in [0.5, 0.6) is 0 Å². The highest BCUT2D eigenvalue weighted by Crippen LogP contribution is 2.35. The van der Waals surface area contributed by atoms with Crippen molar-refractivity contribution in [1.82, 2.24) is 9.88 Å². The summed E-state index contributed by atoms with van der Waals surface area (Å²) in [5.74, 6) is 0.128. The molecule has 1 unspecified atom stereocenters. The van der Waals surface area contributed by atoms with E-state index in [1.165, 1.54) is 4.90 Å². The molecule has 5 nitrogen and oxygen atoms in total. The fourth-order valence-electron chi connectivity index (χ4n) is 2.62. The van der Waals surface area contributed by atoms with Crippen molar-refractivity contribution in [1.29, 1.82) is 0 Å². The normalized spacial score (nSPS) is 21.5. The summed E-state index contributed by atoms with van der Waals surface area (Å²) in [5.41, 5.74) is 6.66. The van der Waals surface area contributed by atoms with Crippen LogP contribution in [0.1, 0.15) is 11.1 Å². The third-order valence-electron chi connectivity index (χ3n) is 3.74. The van der Waals surface area contributed by atoms with Gasteiger partial charge in [-0.05, 0) is 17.2 Å². The Labute approximate surface area is 123 Å². The predicted molar refractivity (Wildman–Crippen MR) is 80.5 cm³/mol. The lowest BCUT2D eigenvalue weighted by molar-refractivity contribution is -0.130. The number of hydrogen-bond acceptors (Lipinski definition) is 4. The van der Waals surface area contributed by atoms with Crippen molar-refractivity contribution in [2.75, 3.05) is 7.05 Å². The first-order chi connectivity index (χ1) is 10.1. The summed E-state index contributed by atoms with van der Waals surface area (Å²) in [6.07, 6.45) is 3.90. The van der Waals surface area contributed by atoms with Crippen molar-refractivity contribution in [3.8, 4) is 0 Å². The van der Waals surface area contributed by atoms with Crippen LogP contribution in [0.15, 0.2) is 59.9 Å². The molecule has 106 valence electrons. The van der Waals surface area contributed by atoms with Crippen LogP contribution >= 0.6 is 0 Å². The first-order valence-electron chi connectivity index (χ1n) is 6.71. The van der Waals surface area contributed by atoms with Gasteiger partial charge in [0.05, 0.1) is 0 Å². The molecule has 1 aromatic carbocycles. The zero-order chi connectivity index (χ0) is 14.9. The lowest BCUT2D eigenvalue weighted by Gasteiger charge is -2.25. The van der Waals surface area contributed by atoms with E-state index in [2.05, 4.69) is 9.98 Å². The number of pyridine rings is 1. The number of carbonyl (C=O) groups excluding carboxylic acids is 1. The number of amides is 1. The van der Waals surface area contributed by atoms with Crippen LogP contribution in [0.2, 0.25) is 0 Å². The van der Waals surface area contributed by atoms with Crippen LogP contribution in [-0.2, 0) is 16.8 Å². The monoisotopic (exact) mass is 280 g/mol. The minimum atomic E-state index is -0.997. The van der Waals surface area contributed by atoms with Crippen LogP contribution in [0.4, 0.5) is 0 Å². The van der Waals surface area contributed by atoms with Crippen LogP contribution in [-0.4, -0.2) is 28.8 Å². The molecule has 1 aliphatic heterocycles. The van der Waals surface area contributed by atoms with E-state index in [1.807, 2.05) is 42.5 Å². The highest BCUT2D eigenvalue weighted by molar-refractivity contribution is 6.07. The van der Waals surface area contributed by atoms with Gasteiger partial charge in [-0.3, -0.25) is 14.7 Å². The zero-order valence-electron chi connectivity index (χ0n) is 11.7. The quantitative estimate of drug-likeness (QED) is 0.921. The summed E-state index contributed by atoms with van der Waals surface area (Å²) in [5, 5.41) is 0. The molecule has 0 bridgehead atoms. The minimum absolute atomic E-state index is 0.116. The van der Waals surface area contributed by atoms with E-state index >= 15 is 0 Å². The van der Waals surface area contributed by atoms with Crippen molar-refractivity contribution in [2.45, 2.75) is 12.0 Å². The van der Waals surface area contributed by atoms with Crippen molar-refractivity contribution in [3.05, 3.63) is 66.0 Å². The number of likely N-dealkylation sites (N-methyl/N-ethyl adjacent to an activating group) is 1. The maximum atomic E-state index is 12.8. The molecule has 1 amide bonds. The summed E-state index contributed by atoms with van der Waals surface area (Å²) < 4.78 is 0. The zero-order valence-corrected chi connectivity index (χ0v) is 11.7. The van der Waals surface area contributed by atoms with Crippen LogP contribution < -0.4 is 5.73 Å². The molecular formula is C16H16N4O. The number of aliphatic imine (C=N–C) groups is 1. The summed E-state index contributed by atoms with van der Waals surface area (Å²) in [7, 11) is 1.65. The van der Waals surface area contributed by atoms with Gasteiger partial charge in [0.2, 0.25) is 0 Å². The van der Waals surface area contributed by atoms with Crippen LogP contribution in [0.3, 0.4) is 0 Å². The summed E-state index contributed by atoms with van der Waals surface area (Å²) in [6.45, 7) is 0. The highest BCUT2D eigenvalue weighted by atomic mass is 16.2. The summed E-state index contributed by atoms with van der Waals surface area (Å²) >= 11 is 0. The van der Waals surface area contributed by atoms with Gasteiger partial charge in [-0.2, -0.15) is 0 Å². The second-order valence-corrected chi connectivity index (χ2v) is 5.10. The number of aromatic nitrogens is 1. The predicted octanol–water partition coefficient (Wildman–Crippen LogP) is 1.31. The first-order valence-corrected chi connectivity index (χ1v) is 6.71. The Bertz CT molecular complexity index is 684. The van der Waals surface area contributed by atoms with E-state index in [-0.39, 0.29) is 11.9 Å². The van der Waals surface area contributed by atoms with E-state index < -0.39 is 5.54 Å². The van der Waals surface area contributed by atoms with Gasteiger partial charge in [-0.25, -0.2) is 4.99 Å². The van der Waals surface area contributed by atoms with E-state index in [0.717, 1.165) is 11.1 Å². The van der Waals surface area contributed by atoms with Gasteiger partial charge in [0, 0.05) is 25.9 Å². The Hall–Kier alpha value is -2.69. The SMILES string of the molecule is CN1C(=O)C(Cc2cccnc2)(c2ccccc2)N=C1N. The molecule has 1 aliphatic rings. The van der Waals surface area contributed by atoms with Crippen LogP contribution in [0.25, 0.3) is 0 Å². The lowest BCUT2D eigenvalue weighted by atomic mass is 9.84. The largest absolute Gasteiger partial charge is 0.369 e. The molecule has 2 heterocycles. The smallest absolute Gasteiger partial charge is 0.262 e. The third-order valence-corrected chi connectivity index (χ3v) is 3.74. The van der Waals surface area contributed by atoms with Gasteiger partial charge in [0.15, 0.2) is 11.5 Å². The van der Waals surface area contributed by atoms with Crippen molar-refractivity contribution in [3.63, 3.8) is 0 Å². The molecule has 0 fully saturated rings. The average Bonchev–Trinajstić information content (AvgIpc) is 2.74. The Morgan fingerprint density at radius 3 is 2.52 bits per heavy atom. The molecule has 0 saturated carbocycles. The third kappa shape index (κ3) is 2.16. The van der Waals surface area contributed by atoms with Crippen molar-refractivity contribution < 1.29 is 4.79 Å². The molecule has 0 radical (unpaired) electrons. The van der Waals surface area contributed by atoms with Gasteiger partial charge in [0.25, 0.3) is 5.91 Å². The fourth-order valence-corrected chi connectivity index (χ4v) is 2.62. The number of guanidine groups is 1. The molecule has 1 aromatic heterocycles. The number of nitrogens with two attached hydrogens (primary N) is 1. The lowest BCUT2D eigenvalue weighted by Crippen LogP contribution is -2.41. The molecule has 0 saturated heterocycles. The molecule has 0 spiro atoms. The van der Waals surface area contributed by atoms with Crippen molar-refractivity contribution >= 4 is 11.9 Å². The summed E-state index contributed by atoms with van der Waals surface area (Å²) in [6, 6.07) is 13.3. The van der Waals surface area contributed by atoms with Gasteiger partial charge >= 0.3 is 0 Å². The topological polar surface area (TPSA) is 71.6 Å². The Morgan fingerprint density at radius 1 is 1.19 bits per heavy atom. The molecule has 2 N–H and O–H groups in total. The number of hydrogen-bond donors (Lipinski definition) is 1. The molecular weight excluding hydrogens is 264 g/mol. The van der Waals surface area contributed by atoms with Gasteiger partial charge in [-0.15, -0.1) is 0 Å². The number of nitrogens with zero attached hydrogens (tertiary/aromatic N) is 3. The van der Waals surface area contributed by atoms with Crippen LogP contribution in [0, 0.1) is 0 Å². The van der Waals surface area contributed by atoms with Gasteiger partial charge in [0.1, 0.15) is 0 Å². The number of rotatable bonds is 3. The second-order valence-electron chi connectivity index (χ2n) is 5.10. The van der Waals surface area contributed by atoms with Crippen molar-refractivity contribution in [2.24, 2.45) is 10.7 Å². The molecule has 0 aliphatic carbocycles. The Kier molecular flexibility index (Phi) is 3.17. The second kappa shape index (κ2) is 5.01. The standard InChI is InChI=1S/C16H16N4O/c1-20-14(21)16(19-15(20)17,13-7-3-2-4-8-13)10-12-6-5-9-18-11-12/h2-9,11H,10H2,1H3,(H2,17,19).